The number of benzene rings is 2. The number of nitrogens with zero attached hydrogens (tertiary/aromatic N) is 3. The van der Waals surface area contributed by atoms with Crippen LogP contribution in [0.5, 0.6) is 0 Å². The van der Waals surface area contributed by atoms with E-state index in [9.17, 15) is 18.0 Å². The molecule has 1 fully saturated rings. The van der Waals surface area contributed by atoms with Crippen LogP contribution in [-0.2, 0) is 26.0 Å². The second-order valence-corrected chi connectivity index (χ2v) is 13.5. The van der Waals surface area contributed by atoms with Gasteiger partial charge in [-0.3, -0.25) is 14.9 Å². The Kier molecular flexibility index (Phi) is 12.1. The molecule has 0 saturated carbocycles. The quantitative estimate of drug-likeness (QED) is 0.154. The predicted octanol–water partition coefficient (Wildman–Crippen LogP) is 6.37. The second-order valence-electron chi connectivity index (χ2n) is 10.8. The van der Waals surface area contributed by atoms with Crippen LogP contribution in [-0.4, -0.2) is 56.3 Å². The largest absolute Gasteiger partial charge is 0.372 e. The predicted molar refractivity (Wildman–Crippen MR) is 183 cm³/mol. The molecule has 2 N–H and O–H groups in total. The van der Waals surface area contributed by atoms with E-state index in [4.69, 9.17) is 0 Å². The Balaban J connectivity index is 1.57. The zero-order chi connectivity index (χ0) is 32.4. The van der Waals surface area contributed by atoms with E-state index in [1.807, 2.05) is 6.92 Å². The fourth-order valence-electron chi connectivity index (χ4n) is 5.47. The van der Waals surface area contributed by atoms with Crippen molar-refractivity contribution in [2.75, 3.05) is 35.8 Å². The number of thiazole rings is 1. The van der Waals surface area contributed by atoms with Gasteiger partial charge in [-0.05, 0) is 61.6 Å². The third kappa shape index (κ3) is 8.27. The molecular weight excluding hydrogens is 607 g/mol. The van der Waals surface area contributed by atoms with Gasteiger partial charge in [0.25, 0.3) is 21.8 Å². The number of aromatic nitrogens is 1. The molecule has 0 spiro atoms. The monoisotopic (exact) mass is 649 g/mol. The summed E-state index contributed by atoms with van der Waals surface area (Å²) in [5.74, 6) is -0.937. The van der Waals surface area contributed by atoms with Gasteiger partial charge in [0.1, 0.15) is 0 Å². The fourth-order valence-corrected chi connectivity index (χ4v) is 7.57. The van der Waals surface area contributed by atoms with Gasteiger partial charge in [-0.25, -0.2) is 13.4 Å². The lowest BCUT2D eigenvalue weighted by Gasteiger charge is -2.32. The highest BCUT2D eigenvalue weighted by Crippen LogP contribution is 2.31. The Labute approximate surface area is 271 Å². The minimum Gasteiger partial charge on any atom is -0.372 e. The van der Waals surface area contributed by atoms with Gasteiger partial charge in [0.15, 0.2) is 5.13 Å². The first-order chi connectivity index (χ1) is 21.7. The van der Waals surface area contributed by atoms with Crippen LogP contribution in [0.25, 0.3) is 11.3 Å². The Morgan fingerprint density at radius 3 is 2.44 bits per heavy atom. The maximum absolute atomic E-state index is 13.7. The van der Waals surface area contributed by atoms with E-state index >= 15 is 0 Å². The van der Waals surface area contributed by atoms with Crippen LogP contribution >= 0.6 is 11.3 Å². The number of rotatable bonds is 14. The molecule has 11 heteroatoms. The maximum Gasteiger partial charge on any atom is 0.271 e. The van der Waals surface area contributed by atoms with Crippen molar-refractivity contribution in [1.82, 2.24) is 15.2 Å². The molecule has 0 radical (unpaired) electrons. The first kappa shape index (κ1) is 34.1. The van der Waals surface area contributed by atoms with Crippen molar-refractivity contribution >= 4 is 44.0 Å². The van der Waals surface area contributed by atoms with Crippen molar-refractivity contribution < 1.29 is 18.0 Å². The first-order valence-electron chi connectivity index (χ1n) is 15.6. The lowest BCUT2D eigenvalue weighted by atomic mass is 10.1. The summed E-state index contributed by atoms with van der Waals surface area (Å²) in [5, 5.41) is 8.55. The van der Waals surface area contributed by atoms with Gasteiger partial charge in [0.05, 0.1) is 16.3 Å². The number of piperazine rings is 1. The van der Waals surface area contributed by atoms with E-state index in [0.29, 0.717) is 22.8 Å². The Morgan fingerprint density at radius 1 is 1.07 bits per heavy atom. The topological polar surface area (TPSA) is 112 Å². The second kappa shape index (κ2) is 16.0. The molecule has 9 nitrogen and oxygen atoms in total. The fraction of sp³-hybridized carbons (Fsp3) is 0.382. The molecule has 0 unspecified atom stereocenters. The van der Waals surface area contributed by atoms with Crippen LogP contribution in [0.15, 0.2) is 82.7 Å². The van der Waals surface area contributed by atoms with Crippen molar-refractivity contribution in [2.45, 2.75) is 64.2 Å². The SMILES string of the molecule is C=CC(=O)N(c1cccc(-c2csc(NC(=O)C(CC)=C(CC)N3CCNCC3)n2)c1)S(=O)(=O)c1ccc(CCCCC)cc1. The molecule has 1 saturated heterocycles. The first-order valence-corrected chi connectivity index (χ1v) is 17.9. The van der Waals surface area contributed by atoms with E-state index < -0.39 is 15.9 Å². The Bertz CT molecular complexity index is 1620. The number of anilines is 2. The maximum atomic E-state index is 13.7. The van der Waals surface area contributed by atoms with Gasteiger partial charge < -0.3 is 10.2 Å². The third-order valence-electron chi connectivity index (χ3n) is 7.82. The van der Waals surface area contributed by atoms with Crippen LogP contribution < -0.4 is 14.9 Å². The van der Waals surface area contributed by atoms with Crippen molar-refractivity contribution in [3.8, 4) is 11.3 Å². The number of carbonyl (C=O) groups is 2. The van der Waals surface area contributed by atoms with E-state index in [0.717, 1.165) is 85.5 Å². The number of sulfonamides is 1. The number of aryl methyl sites for hydroxylation is 1. The molecule has 45 heavy (non-hydrogen) atoms. The number of allylic oxidation sites excluding steroid dienone is 1. The zero-order valence-corrected chi connectivity index (χ0v) is 28.0. The summed E-state index contributed by atoms with van der Waals surface area (Å²) in [6.45, 7) is 13.2. The van der Waals surface area contributed by atoms with Crippen molar-refractivity contribution in [2.24, 2.45) is 0 Å². The molecule has 1 aliphatic heterocycles. The molecular formula is C34H43N5O4S2. The van der Waals surface area contributed by atoms with E-state index in [-0.39, 0.29) is 16.5 Å². The van der Waals surface area contributed by atoms with Crippen LogP contribution in [0.1, 0.15) is 58.4 Å². The van der Waals surface area contributed by atoms with Gasteiger partial charge in [0, 0.05) is 48.4 Å². The summed E-state index contributed by atoms with van der Waals surface area (Å²) < 4.78 is 28.3. The molecule has 0 aliphatic carbocycles. The highest BCUT2D eigenvalue weighted by atomic mass is 32.2. The Hall–Kier alpha value is -3.80. The number of nitrogens with one attached hydrogen (secondary N) is 2. The molecule has 0 atom stereocenters. The number of hydrogen-bond donors (Lipinski definition) is 2. The van der Waals surface area contributed by atoms with Crippen LogP contribution in [0.2, 0.25) is 0 Å². The average Bonchev–Trinajstić information content (AvgIpc) is 3.52. The van der Waals surface area contributed by atoms with E-state index in [1.54, 1.807) is 53.9 Å². The van der Waals surface area contributed by atoms with E-state index in [1.165, 1.54) is 11.3 Å². The molecule has 2 aromatic carbocycles. The van der Waals surface area contributed by atoms with Crippen LogP contribution in [0.3, 0.4) is 0 Å². The number of unbranched alkanes of at least 4 members (excludes halogenated alkanes) is 2. The summed E-state index contributed by atoms with van der Waals surface area (Å²) in [4.78, 5) is 33.3. The van der Waals surface area contributed by atoms with Crippen LogP contribution in [0, 0.1) is 0 Å². The minimum atomic E-state index is -4.22. The highest BCUT2D eigenvalue weighted by molar-refractivity contribution is 7.93. The molecule has 2 heterocycles. The van der Waals surface area contributed by atoms with Crippen molar-refractivity contribution in [3.05, 3.63) is 83.4 Å². The van der Waals surface area contributed by atoms with Gasteiger partial charge in [0.2, 0.25) is 0 Å². The van der Waals surface area contributed by atoms with Gasteiger partial charge in [-0.15, -0.1) is 11.3 Å². The number of carbonyl (C=O) groups excluding carboxylic acids is 2. The summed E-state index contributed by atoms with van der Waals surface area (Å²) >= 11 is 1.29. The molecule has 2 amide bonds. The number of hydrogen-bond acceptors (Lipinski definition) is 8. The third-order valence-corrected chi connectivity index (χ3v) is 10.3. The molecule has 1 aliphatic rings. The summed E-state index contributed by atoms with van der Waals surface area (Å²) in [5.41, 5.74) is 4.18. The van der Waals surface area contributed by atoms with E-state index in [2.05, 4.69) is 40.9 Å². The van der Waals surface area contributed by atoms with Gasteiger partial charge in [-0.1, -0.05) is 64.5 Å². The standard InChI is InChI=1S/C34H43N5O4S2/c1-5-9-10-12-25-15-17-28(18-16-25)45(42,43)39(32(40)8-4)27-14-11-13-26(23-27)30-24-44-34(36-30)37-33(41)29(6-2)31(7-3)38-21-19-35-20-22-38/h8,11,13-18,23-24,35H,4-7,9-10,12,19-22H2,1-3H3,(H,36,37,41). The summed E-state index contributed by atoms with van der Waals surface area (Å²) in [7, 11) is -4.22. The molecule has 3 aromatic rings. The minimum absolute atomic E-state index is 0.0213. The molecule has 0 bridgehead atoms. The molecule has 4 rings (SSSR count). The van der Waals surface area contributed by atoms with Crippen LogP contribution in [0.4, 0.5) is 10.8 Å². The highest BCUT2D eigenvalue weighted by Gasteiger charge is 2.30. The summed E-state index contributed by atoms with van der Waals surface area (Å²) in [6.07, 6.45) is 6.47. The number of amides is 2. The van der Waals surface area contributed by atoms with Gasteiger partial charge >= 0.3 is 0 Å². The lowest BCUT2D eigenvalue weighted by molar-refractivity contribution is -0.113. The average molecular weight is 650 g/mol. The Morgan fingerprint density at radius 2 is 1.80 bits per heavy atom. The normalized spacial score (nSPS) is 14.1. The smallest absolute Gasteiger partial charge is 0.271 e. The summed E-state index contributed by atoms with van der Waals surface area (Å²) in [6, 6.07) is 13.3. The van der Waals surface area contributed by atoms with Crippen molar-refractivity contribution in [3.63, 3.8) is 0 Å². The molecule has 240 valence electrons. The van der Waals surface area contributed by atoms with Crippen molar-refractivity contribution in [1.29, 1.82) is 0 Å². The lowest BCUT2D eigenvalue weighted by Crippen LogP contribution is -2.43. The molecule has 1 aromatic heterocycles. The zero-order valence-electron chi connectivity index (χ0n) is 26.3. The van der Waals surface area contributed by atoms with Gasteiger partial charge in [-0.2, -0.15) is 4.31 Å².